The third-order valence-electron chi connectivity index (χ3n) is 4.59. The number of amides is 1. The molecule has 2 heterocycles. The highest BCUT2D eigenvalue weighted by Gasteiger charge is 2.18. The van der Waals surface area contributed by atoms with Gasteiger partial charge in [-0.25, -0.2) is 0 Å². The summed E-state index contributed by atoms with van der Waals surface area (Å²) in [6, 6.07) is 15.3. The second kappa shape index (κ2) is 7.90. The van der Waals surface area contributed by atoms with Gasteiger partial charge in [0.1, 0.15) is 18.1 Å². The molecule has 0 saturated carbocycles. The standard InChI is InChI=1S/C21H20N2O4S/c1-14-19(28-21(25)23(14)13-15-5-3-2-4-6-15)20(24)22-12-16-7-8-17-18(11-16)27-10-9-26-17/h2-8,11H,9-10,12-13H2,1H3,(H,22,24). The minimum atomic E-state index is -0.249. The number of thiazole rings is 1. The molecule has 3 aromatic rings. The van der Waals surface area contributed by atoms with Gasteiger partial charge >= 0.3 is 4.87 Å². The Morgan fingerprint density at radius 3 is 2.61 bits per heavy atom. The van der Waals surface area contributed by atoms with Crippen LogP contribution in [0.15, 0.2) is 53.3 Å². The van der Waals surface area contributed by atoms with E-state index in [1.54, 1.807) is 11.5 Å². The van der Waals surface area contributed by atoms with E-state index < -0.39 is 0 Å². The lowest BCUT2D eigenvalue weighted by atomic mass is 10.2. The van der Waals surface area contributed by atoms with Crippen molar-refractivity contribution in [2.24, 2.45) is 0 Å². The molecule has 0 bridgehead atoms. The van der Waals surface area contributed by atoms with Crippen LogP contribution in [0.25, 0.3) is 0 Å². The van der Waals surface area contributed by atoms with Gasteiger partial charge in [0.05, 0.1) is 6.54 Å². The molecule has 0 aliphatic carbocycles. The number of nitrogens with one attached hydrogen (secondary N) is 1. The highest BCUT2D eigenvalue weighted by molar-refractivity contribution is 7.11. The molecule has 6 nitrogen and oxygen atoms in total. The Labute approximate surface area is 166 Å². The average Bonchev–Trinajstić information content (AvgIpc) is 3.01. The van der Waals surface area contributed by atoms with Crippen LogP contribution in [0.1, 0.15) is 26.5 Å². The summed E-state index contributed by atoms with van der Waals surface area (Å²) < 4.78 is 12.7. The summed E-state index contributed by atoms with van der Waals surface area (Å²) in [7, 11) is 0. The monoisotopic (exact) mass is 396 g/mol. The third-order valence-corrected chi connectivity index (χ3v) is 5.67. The number of benzene rings is 2. The van der Waals surface area contributed by atoms with Crippen molar-refractivity contribution in [3.63, 3.8) is 0 Å². The van der Waals surface area contributed by atoms with E-state index in [0.717, 1.165) is 22.5 Å². The number of carbonyl (C=O) groups is 1. The van der Waals surface area contributed by atoms with Crippen LogP contribution >= 0.6 is 11.3 Å². The van der Waals surface area contributed by atoms with Crippen molar-refractivity contribution < 1.29 is 14.3 Å². The van der Waals surface area contributed by atoms with Gasteiger partial charge in [-0.3, -0.25) is 14.2 Å². The van der Waals surface area contributed by atoms with Gasteiger partial charge in [0, 0.05) is 12.2 Å². The van der Waals surface area contributed by atoms with Gasteiger partial charge < -0.3 is 14.8 Å². The van der Waals surface area contributed by atoms with Crippen LogP contribution in [0.2, 0.25) is 0 Å². The topological polar surface area (TPSA) is 69.6 Å². The fourth-order valence-corrected chi connectivity index (χ4v) is 4.00. The fraction of sp³-hybridized carbons (Fsp3) is 0.238. The van der Waals surface area contributed by atoms with Crippen LogP contribution in [0.5, 0.6) is 11.5 Å². The van der Waals surface area contributed by atoms with Crippen molar-refractivity contribution in [3.05, 3.63) is 79.9 Å². The summed E-state index contributed by atoms with van der Waals surface area (Å²) in [4.78, 5) is 25.3. The predicted octanol–water partition coefficient (Wildman–Crippen LogP) is 2.97. The first-order valence-electron chi connectivity index (χ1n) is 9.02. The lowest BCUT2D eigenvalue weighted by Crippen LogP contribution is -2.23. The Morgan fingerprint density at radius 1 is 1.07 bits per heavy atom. The van der Waals surface area contributed by atoms with E-state index in [1.165, 1.54) is 0 Å². The van der Waals surface area contributed by atoms with E-state index in [2.05, 4.69) is 5.32 Å². The maximum absolute atomic E-state index is 12.6. The molecule has 0 spiro atoms. The number of nitrogens with zero attached hydrogens (tertiary/aromatic N) is 1. The number of hydrogen-bond donors (Lipinski definition) is 1. The predicted molar refractivity (Wildman–Crippen MR) is 107 cm³/mol. The minimum absolute atomic E-state index is 0.133. The van der Waals surface area contributed by atoms with Crippen LogP contribution in [0.4, 0.5) is 0 Å². The summed E-state index contributed by atoms with van der Waals surface area (Å²) in [6.07, 6.45) is 0. The normalized spacial score (nSPS) is 12.6. The Kier molecular flexibility index (Phi) is 5.16. The van der Waals surface area contributed by atoms with Crippen LogP contribution in [0.3, 0.4) is 0 Å². The van der Waals surface area contributed by atoms with Crippen molar-refractivity contribution in [1.82, 2.24) is 9.88 Å². The molecule has 7 heteroatoms. The molecule has 0 radical (unpaired) electrons. The Bertz CT molecular complexity index is 1060. The maximum atomic E-state index is 12.6. The van der Waals surface area contributed by atoms with Crippen molar-refractivity contribution in [2.75, 3.05) is 13.2 Å². The number of hydrogen-bond acceptors (Lipinski definition) is 5. The van der Waals surface area contributed by atoms with E-state index in [0.29, 0.717) is 48.4 Å². The van der Waals surface area contributed by atoms with Gasteiger partial charge in [-0.15, -0.1) is 0 Å². The summed E-state index contributed by atoms with van der Waals surface area (Å²) in [5.74, 6) is 1.16. The first-order valence-corrected chi connectivity index (χ1v) is 9.84. The molecule has 0 saturated heterocycles. The van der Waals surface area contributed by atoms with Crippen LogP contribution < -0.4 is 19.7 Å². The van der Waals surface area contributed by atoms with Gasteiger partial charge in [0.15, 0.2) is 11.5 Å². The molecule has 0 fully saturated rings. The molecule has 1 N–H and O–H groups in total. The first kappa shape index (κ1) is 18.3. The largest absolute Gasteiger partial charge is 0.486 e. The lowest BCUT2D eigenvalue weighted by molar-refractivity contribution is 0.0953. The lowest BCUT2D eigenvalue weighted by Gasteiger charge is -2.18. The summed E-state index contributed by atoms with van der Waals surface area (Å²) in [6.45, 7) is 3.67. The molecule has 144 valence electrons. The molecule has 1 aliphatic heterocycles. The van der Waals surface area contributed by atoms with Gasteiger partial charge in [-0.1, -0.05) is 47.7 Å². The quantitative estimate of drug-likeness (QED) is 0.720. The Morgan fingerprint density at radius 2 is 1.82 bits per heavy atom. The van der Waals surface area contributed by atoms with Crippen LogP contribution in [-0.2, 0) is 13.1 Å². The molecule has 4 rings (SSSR count). The van der Waals surface area contributed by atoms with Crippen molar-refractivity contribution >= 4 is 17.2 Å². The van der Waals surface area contributed by atoms with Crippen molar-refractivity contribution in [1.29, 1.82) is 0 Å². The van der Waals surface area contributed by atoms with Gasteiger partial charge in [-0.05, 0) is 30.2 Å². The number of ether oxygens (including phenoxy) is 2. The van der Waals surface area contributed by atoms with Crippen LogP contribution in [-0.4, -0.2) is 23.7 Å². The van der Waals surface area contributed by atoms with E-state index in [9.17, 15) is 9.59 Å². The third kappa shape index (κ3) is 3.80. The SMILES string of the molecule is Cc1c(C(=O)NCc2ccc3c(c2)OCCO3)sc(=O)n1Cc1ccccc1. The van der Waals surface area contributed by atoms with Crippen LogP contribution in [0, 0.1) is 6.92 Å². The summed E-state index contributed by atoms with van der Waals surface area (Å²) >= 11 is 0.977. The van der Waals surface area contributed by atoms with Crippen molar-refractivity contribution in [3.8, 4) is 11.5 Å². The second-order valence-corrected chi connectivity index (χ2v) is 7.48. The zero-order valence-corrected chi connectivity index (χ0v) is 16.3. The zero-order valence-electron chi connectivity index (χ0n) is 15.4. The summed E-state index contributed by atoms with van der Waals surface area (Å²) in [5, 5.41) is 2.89. The number of aromatic nitrogens is 1. The van der Waals surface area contributed by atoms with Gasteiger partial charge in [0.25, 0.3) is 5.91 Å². The minimum Gasteiger partial charge on any atom is -0.486 e. The molecule has 2 aromatic carbocycles. The van der Waals surface area contributed by atoms with E-state index in [-0.39, 0.29) is 10.8 Å². The molecule has 28 heavy (non-hydrogen) atoms. The Balaban J connectivity index is 1.46. The second-order valence-electron chi connectivity index (χ2n) is 6.51. The number of rotatable bonds is 5. The molecule has 1 amide bonds. The van der Waals surface area contributed by atoms with E-state index in [4.69, 9.17) is 9.47 Å². The van der Waals surface area contributed by atoms with E-state index in [1.807, 2.05) is 48.5 Å². The highest BCUT2D eigenvalue weighted by atomic mass is 32.1. The zero-order chi connectivity index (χ0) is 19.5. The van der Waals surface area contributed by atoms with Crippen molar-refractivity contribution in [2.45, 2.75) is 20.0 Å². The van der Waals surface area contributed by atoms with Gasteiger partial charge in [0.2, 0.25) is 0 Å². The fourth-order valence-electron chi connectivity index (χ4n) is 3.10. The first-order chi connectivity index (χ1) is 13.6. The molecular weight excluding hydrogens is 376 g/mol. The molecule has 0 unspecified atom stereocenters. The maximum Gasteiger partial charge on any atom is 0.308 e. The molecule has 0 atom stereocenters. The highest BCUT2D eigenvalue weighted by Crippen LogP contribution is 2.30. The Hall–Kier alpha value is -3.06. The molecular formula is C21H20N2O4S. The molecule has 1 aliphatic rings. The van der Waals surface area contributed by atoms with E-state index >= 15 is 0 Å². The number of fused-ring (bicyclic) bond motifs is 1. The number of carbonyl (C=O) groups excluding carboxylic acids is 1. The van der Waals surface area contributed by atoms with Gasteiger partial charge in [-0.2, -0.15) is 0 Å². The molecule has 1 aromatic heterocycles. The smallest absolute Gasteiger partial charge is 0.308 e. The average molecular weight is 396 g/mol. The summed E-state index contributed by atoms with van der Waals surface area (Å²) in [5.41, 5.74) is 2.61.